The molecular formula is C21H33IN4O3. The molecular weight excluding hydrogens is 483 g/mol. The molecule has 3 rings (SSSR count). The summed E-state index contributed by atoms with van der Waals surface area (Å²) in [4.78, 5) is 16.4. The van der Waals surface area contributed by atoms with Crippen LogP contribution in [0.4, 0.5) is 0 Å². The number of hydrogen-bond donors (Lipinski definition) is 3. The van der Waals surface area contributed by atoms with Crippen LogP contribution < -0.4 is 25.4 Å². The summed E-state index contributed by atoms with van der Waals surface area (Å²) in [6, 6.07) is 6.11. The third kappa shape index (κ3) is 6.94. The topological polar surface area (TPSA) is 84.0 Å². The molecule has 1 amide bonds. The summed E-state index contributed by atoms with van der Waals surface area (Å²) in [5.41, 5.74) is 1.01. The lowest BCUT2D eigenvalue weighted by Crippen LogP contribution is -2.42. The second-order valence-corrected chi connectivity index (χ2v) is 7.93. The van der Waals surface area contributed by atoms with Crippen LogP contribution in [0.3, 0.4) is 0 Å². The first-order valence-electron chi connectivity index (χ1n) is 10.2. The molecule has 1 fully saturated rings. The van der Waals surface area contributed by atoms with E-state index in [-0.39, 0.29) is 41.2 Å². The SMILES string of the molecule is CCNC(=NCC(C)(C)c1ccc2c(c1)OCCO2)NCCNC(=O)C1CC1.I. The van der Waals surface area contributed by atoms with Gasteiger partial charge in [-0.3, -0.25) is 9.79 Å². The van der Waals surface area contributed by atoms with Crippen LogP contribution >= 0.6 is 24.0 Å². The van der Waals surface area contributed by atoms with Crippen molar-refractivity contribution >= 4 is 35.8 Å². The Hall–Kier alpha value is -1.71. The Kier molecular flexibility index (Phi) is 8.85. The molecule has 7 nitrogen and oxygen atoms in total. The van der Waals surface area contributed by atoms with Gasteiger partial charge < -0.3 is 25.4 Å². The van der Waals surface area contributed by atoms with Gasteiger partial charge in [0.05, 0.1) is 6.54 Å². The summed E-state index contributed by atoms with van der Waals surface area (Å²) >= 11 is 0. The zero-order valence-electron chi connectivity index (χ0n) is 17.5. The Morgan fingerprint density at radius 2 is 1.79 bits per heavy atom. The lowest BCUT2D eigenvalue weighted by Gasteiger charge is -2.26. The van der Waals surface area contributed by atoms with Crippen LogP contribution in [-0.2, 0) is 10.2 Å². The minimum absolute atomic E-state index is 0. The number of aliphatic imine (C=N–C) groups is 1. The summed E-state index contributed by atoms with van der Waals surface area (Å²) in [5, 5.41) is 9.51. The molecule has 2 aliphatic rings. The van der Waals surface area contributed by atoms with E-state index in [1.807, 2.05) is 13.0 Å². The lowest BCUT2D eigenvalue weighted by atomic mass is 9.84. The van der Waals surface area contributed by atoms with Gasteiger partial charge in [0.15, 0.2) is 17.5 Å². The Balaban J connectivity index is 0.00000300. The van der Waals surface area contributed by atoms with Crippen molar-refractivity contribution in [3.05, 3.63) is 23.8 Å². The summed E-state index contributed by atoms with van der Waals surface area (Å²) in [6.07, 6.45) is 2.05. The normalized spacial score (nSPS) is 15.9. The Morgan fingerprint density at radius 1 is 1.10 bits per heavy atom. The van der Waals surface area contributed by atoms with Gasteiger partial charge in [-0.25, -0.2) is 0 Å². The number of fused-ring (bicyclic) bond motifs is 1. The number of halogens is 1. The predicted octanol–water partition coefficient (Wildman–Crippen LogP) is 2.43. The van der Waals surface area contributed by atoms with E-state index in [0.29, 0.717) is 32.8 Å². The van der Waals surface area contributed by atoms with Crippen LogP contribution in [0.1, 0.15) is 39.2 Å². The van der Waals surface area contributed by atoms with Gasteiger partial charge >= 0.3 is 0 Å². The smallest absolute Gasteiger partial charge is 0.223 e. The van der Waals surface area contributed by atoms with Crippen molar-refractivity contribution in [3.63, 3.8) is 0 Å². The van der Waals surface area contributed by atoms with Crippen LogP contribution in [-0.4, -0.2) is 51.3 Å². The number of ether oxygens (including phenoxy) is 2. The molecule has 1 aliphatic carbocycles. The van der Waals surface area contributed by atoms with Crippen molar-refractivity contribution in [2.45, 2.75) is 39.0 Å². The first-order chi connectivity index (χ1) is 13.5. The fraction of sp³-hybridized carbons (Fsp3) is 0.619. The van der Waals surface area contributed by atoms with E-state index in [4.69, 9.17) is 14.5 Å². The molecule has 0 bridgehead atoms. The highest BCUT2D eigenvalue weighted by Gasteiger charge is 2.29. The van der Waals surface area contributed by atoms with Crippen LogP contribution in [0.5, 0.6) is 11.5 Å². The molecule has 1 aliphatic heterocycles. The zero-order chi connectivity index (χ0) is 20.0. The first-order valence-corrected chi connectivity index (χ1v) is 10.2. The van der Waals surface area contributed by atoms with Gasteiger partial charge in [-0.05, 0) is 37.5 Å². The molecule has 0 aromatic heterocycles. The molecule has 0 atom stereocenters. The number of guanidine groups is 1. The lowest BCUT2D eigenvalue weighted by molar-refractivity contribution is -0.122. The molecule has 0 radical (unpaired) electrons. The van der Waals surface area contributed by atoms with E-state index in [1.54, 1.807) is 0 Å². The Morgan fingerprint density at radius 3 is 2.48 bits per heavy atom. The van der Waals surface area contributed by atoms with Gasteiger partial charge in [0.1, 0.15) is 13.2 Å². The van der Waals surface area contributed by atoms with Crippen molar-refractivity contribution in [2.24, 2.45) is 10.9 Å². The number of hydrogen-bond acceptors (Lipinski definition) is 4. The van der Waals surface area contributed by atoms with Crippen LogP contribution in [0.2, 0.25) is 0 Å². The number of amides is 1. The van der Waals surface area contributed by atoms with Gasteiger partial charge in [0, 0.05) is 31.0 Å². The molecule has 0 unspecified atom stereocenters. The fourth-order valence-electron chi connectivity index (χ4n) is 3.03. The maximum absolute atomic E-state index is 11.7. The quantitative estimate of drug-likeness (QED) is 0.214. The maximum atomic E-state index is 11.7. The highest BCUT2D eigenvalue weighted by atomic mass is 127. The molecule has 29 heavy (non-hydrogen) atoms. The molecule has 8 heteroatoms. The second-order valence-electron chi connectivity index (χ2n) is 7.93. The number of carbonyl (C=O) groups is 1. The standard InChI is InChI=1S/C21H32N4O3.HI/c1-4-22-20(24-10-9-23-19(26)15-5-6-15)25-14-21(2,3)16-7-8-17-18(13-16)28-12-11-27-17;/h7-8,13,15H,4-6,9-12,14H2,1-3H3,(H,23,26)(H2,22,24,25);1H. The van der Waals surface area contributed by atoms with Gasteiger partial charge in [-0.15, -0.1) is 24.0 Å². The molecule has 0 spiro atoms. The third-order valence-electron chi connectivity index (χ3n) is 4.97. The number of nitrogens with zero attached hydrogens (tertiary/aromatic N) is 1. The maximum Gasteiger partial charge on any atom is 0.223 e. The minimum atomic E-state index is -0.154. The monoisotopic (exact) mass is 516 g/mol. The number of nitrogens with one attached hydrogen (secondary N) is 3. The van der Waals surface area contributed by atoms with Crippen molar-refractivity contribution in [1.29, 1.82) is 0 Å². The van der Waals surface area contributed by atoms with Crippen LogP contribution in [0.15, 0.2) is 23.2 Å². The number of rotatable bonds is 8. The predicted molar refractivity (Wildman–Crippen MR) is 126 cm³/mol. The first kappa shape index (κ1) is 23.6. The average molecular weight is 516 g/mol. The van der Waals surface area contributed by atoms with E-state index >= 15 is 0 Å². The van der Waals surface area contributed by atoms with Crippen LogP contribution in [0, 0.1) is 5.92 Å². The van der Waals surface area contributed by atoms with Gasteiger partial charge in [0.25, 0.3) is 0 Å². The van der Waals surface area contributed by atoms with E-state index < -0.39 is 0 Å². The van der Waals surface area contributed by atoms with E-state index in [2.05, 4.69) is 41.9 Å². The minimum Gasteiger partial charge on any atom is -0.486 e. The van der Waals surface area contributed by atoms with Crippen molar-refractivity contribution in [1.82, 2.24) is 16.0 Å². The van der Waals surface area contributed by atoms with Crippen molar-refractivity contribution in [3.8, 4) is 11.5 Å². The summed E-state index contributed by atoms with van der Waals surface area (Å²) in [6.45, 7) is 10.2. The van der Waals surface area contributed by atoms with Crippen molar-refractivity contribution < 1.29 is 14.3 Å². The highest BCUT2D eigenvalue weighted by molar-refractivity contribution is 14.0. The molecule has 3 N–H and O–H groups in total. The summed E-state index contributed by atoms with van der Waals surface area (Å²) in [7, 11) is 0. The molecule has 162 valence electrons. The van der Waals surface area contributed by atoms with Gasteiger partial charge in [-0.2, -0.15) is 0 Å². The van der Waals surface area contributed by atoms with E-state index in [1.165, 1.54) is 0 Å². The average Bonchev–Trinajstić information content (AvgIpc) is 3.54. The second kappa shape index (κ2) is 10.9. The largest absolute Gasteiger partial charge is 0.486 e. The number of carbonyl (C=O) groups excluding carboxylic acids is 1. The fourth-order valence-corrected chi connectivity index (χ4v) is 3.03. The Bertz CT molecular complexity index is 720. The molecule has 1 aromatic rings. The van der Waals surface area contributed by atoms with Crippen LogP contribution in [0.25, 0.3) is 0 Å². The molecule has 1 heterocycles. The molecule has 1 aromatic carbocycles. The Labute approximate surface area is 190 Å². The van der Waals surface area contributed by atoms with Gasteiger partial charge in [0.2, 0.25) is 5.91 Å². The third-order valence-corrected chi connectivity index (χ3v) is 4.97. The number of benzene rings is 1. The van der Waals surface area contributed by atoms with E-state index in [9.17, 15) is 4.79 Å². The van der Waals surface area contributed by atoms with Crippen molar-refractivity contribution in [2.75, 3.05) is 39.4 Å². The molecule has 0 saturated heterocycles. The zero-order valence-corrected chi connectivity index (χ0v) is 19.9. The molecule has 1 saturated carbocycles. The highest BCUT2D eigenvalue weighted by Crippen LogP contribution is 2.35. The van der Waals surface area contributed by atoms with E-state index in [0.717, 1.165) is 42.4 Å². The van der Waals surface area contributed by atoms with Gasteiger partial charge in [-0.1, -0.05) is 19.9 Å². The summed E-state index contributed by atoms with van der Waals surface area (Å²) < 4.78 is 11.3. The summed E-state index contributed by atoms with van der Waals surface area (Å²) in [5.74, 6) is 2.78.